The third-order valence-electron chi connectivity index (χ3n) is 2.40. The first-order valence-electron chi connectivity index (χ1n) is 5.85. The summed E-state index contributed by atoms with van der Waals surface area (Å²) in [5.41, 5.74) is 2.40. The number of nitrogens with two attached hydrogens (primary N) is 1. The molecule has 2 aromatic rings. The lowest BCUT2D eigenvalue weighted by Crippen LogP contribution is -2.17. The third kappa shape index (κ3) is 3.28. The Morgan fingerprint density at radius 1 is 1.20 bits per heavy atom. The van der Waals surface area contributed by atoms with Crippen molar-refractivity contribution in [1.82, 2.24) is 15.0 Å². The number of nitrogen functional groups attached to an aromatic ring is 1. The Kier molecular flexibility index (Phi) is 4.59. The quantitative estimate of drug-likeness (QED) is 0.489. The first-order valence-corrected chi connectivity index (χ1v) is 7.07. The molecule has 0 amide bonds. The van der Waals surface area contributed by atoms with Crippen LogP contribution in [0.15, 0.2) is 29.2 Å². The van der Waals surface area contributed by atoms with E-state index in [1.54, 1.807) is 16.7 Å². The minimum atomic E-state index is 0.193. The predicted octanol–water partition coefficient (Wildman–Crippen LogP) is 1.74. The second-order valence-electron chi connectivity index (χ2n) is 4.03. The monoisotopic (exact) mass is 292 g/mol. The van der Waals surface area contributed by atoms with Crippen molar-refractivity contribution in [2.24, 2.45) is 5.84 Å². The van der Waals surface area contributed by atoms with E-state index in [-0.39, 0.29) is 12.0 Å². The van der Waals surface area contributed by atoms with Crippen LogP contribution in [0.5, 0.6) is 11.8 Å². The molecule has 1 aromatic heterocycles. The highest BCUT2D eigenvalue weighted by Crippen LogP contribution is 2.30. The Morgan fingerprint density at radius 2 is 1.95 bits per heavy atom. The maximum atomic E-state index is 5.73. The first kappa shape index (κ1) is 14.4. The lowest BCUT2D eigenvalue weighted by molar-refractivity contribution is 0.431. The summed E-state index contributed by atoms with van der Waals surface area (Å²) in [7, 11) is 3.66. The summed E-state index contributed by atoms with van der Waals surface area (Å²) in [5, 5.41) is 0. The van der Waals surface area contributed by atoms with Gasteiger partial charge in [0.1, 0.15) is 5.75 Å². The van der Waals surface area contributed by atoms with Crippen LogP contribution in [0.3, 0.4) is 0 Å². The molecule has 8 heteroatoms. The molecule has 0 aliphatic carbocycles. The second kappa shape index (κ2) is 6.40. The van der Waals surface area contributed by atoms with Crippen LogP contribution >= 0.6 is 11.8 Å². The van der Waals surface area contributed by atoms with Crippen LogP contribution in [0.1, 0.15) is 0 Å². The summed E-state index contributed by atoms with van der Waals surface area (Å²) in [5.74, 6) is 6.76. The van der Waals surface area contributed by atoms with E-state index in [0.29, 0.717) is 11.7 Å². The van der Waals surface area contributed by atoms with E-state index in [0.717, 1.165) is 4.90 Å². The Bertz CT molecular complexity index is 592. The van der Waals surface area contributed by atoms with Crippen LogP contribution in [0.25, 0.3) is 0 Å². The minimum Gasteiger partial charge on any atom is -0.423 e. The van der Waals surface area contributed by atoms with Gasteiger partial charge in [0.2, 0.25) is 11.9 Å². The van der Waals surface area contributed by atoms with Crippen molar-refractivity contribution in [1.29, 1.82) is 0 Å². The van der Waals surface area contributed by atoms with Crippen molar-refractivity contribution in [3.63, 3.8) is 0 Å². The highest BCUT2D eigenvalue weighted by molar-refractivity contribution is 7.98. The van der Waals surface area contributed by atoms with Gasteiger partial charge in [0.25, 0.3) is 0 Å². The first-order chi connectivity index (χ1) is 9.63. The average molecular weight is 292 g/mol. The zero-order chi connectivity index (χ0) is 14.5. The molecule has 1 aromatic carbocycles. The standard InChI is InChI=1S/C12H16N6OS/c1-18(2)11-14-10(17-13)15-12(16-11)19-8-6-4-5-7-9(8)20-3/h4-7H,13H2,1-3H3,(H,14,15,16,17). The van der Waals surface area contributed by atoms with Gasteiger partial charge in [-0.25, -0.2) is 5.84 Å². The molecule has 0 aliphatic heterocycles. The van der Waals surface area contributed by atoms with Crippen LogP contribution < -0.4 is 20.9 Å². The van der Waals surface area contributed by atoms with Crippen LogP contribution in [0, 0.1) is 0 Å². The Morgan fingerprint density at radius 3 is 2.60 bits per heavy atom. The molecule has 0 fully saturated rings. The minimum absolute atomic E-state index is 0.193. The molecule has 20 heavy (non-hydrogen) atoms. The van der Waals surface area contributed by atoms with Gasteiger partial charge in [-0.05, 0) is 18.4 Å². The normalized spacial score (nSPS) is 10.2. The molecule has 0 bridgehead atoms. The molecule has 0 saturated carbocycles. The zero-order valence-electron chi connectivity index (χ0n) is 11.5. The van der Waals surface area contributed by atoms with Gasteiger partial charge in [-0.15, -0.1) is 11.8 Å². The van der Waals surface area contributed by atoms with E-state index in [1.165, 1.54) is 0 Å². The summed E-state index contributed by atoms with van der Waals surface area (Å²) in [6.45, 7) is 0. The highest BCUT2D eigenvalue weighted by Gasteiger charge is 2.11. The van der Waals surface area contributed by atoms with Crippen molar-refractivity contribution in [3.05, 3.63) is 24.3 Å². The Labute approximate surface area is 121 Å². The molecule has 7 nitrogen and oxygen atoms in total. The number of nitrogens with zero attached hydrogens (tertiary/aromatic N) is 4. The molecule has 106 valence electrons. The fourth-order valence-corrected chi connectivity index (χ4v) is 1.98. The van der Waals surface area contributed by atoms with Crippen LogP contribution in [-0.4, -0.2) is 35.3 Å². The van der Waals surface area contributed by atoms with Gasteiger partial charge in [0.15, 0.2) is 0 Å². The van der Waals surface area contributed by atoms with Gasteiger partial charge in [0, 0.05) is 19.0 Å². The Hall–Kier alpha value is -2.06. The van der Waals surface area contributed by atoms with Gasteiger partial charge in [-0.3, -0.25) is 5.43 Å². The number of benzene rings is 1. The predicted molar refractivity (Wildman–Crippen MR) is 80.3 cm³/mol. The lowest BCUT2D eigenvalue weighted by atomic mass is 10.3. The van der Waals surface area contributed by atoms with Gasteiger partial charge in [-0.1, -0.05) is 12.1 Å². The van der Waals surface area contributed by atoms with E-state index in [1.807, 2.05) is 44.6 Å². The van der Waals surface area contributed by atoms with Gasteiger partial charge in [0.05, 0.1) is 0 Å². The van der Waals surface area contributed by atoms with E-state index in [2.05, 4.69) is 20.4 Å². The second-order valence-corrected chi connectivity index (χ2v) is 4.88. The van der Waals surface area contributed by atoms with Crippen LogP contribution in [-0.2, 0) is 0 Å². The third-order valence-corrected chi connectivity index (χ3v) is 3.18. The number of hydrogen-bond donors (Lipinski definition) is 2. The number of para-hydroxylation sites is 1. The highest BCUT2D eigenvalue weighted by atomic mass is 32.2. The van der Waals surface area contributed by atoms with Gasteiger partial charge in [-0.2, -0.15) is 15.0 Å². The molecule has 0 atom stereocenters. The number of thioether (sulfide) groups is 1. The van der Waals surface area contributed by atoms with E-state index >= 15 is 0 Å². The molecular formula is C12H16N6OS. The molecule has 2 rings (SSSR count). The molecule has 3 N–H and O–H groups in total. The van der Waals surface area contributed by atoms with Gasteiger partial charge >= 0.3 is 6.01 Å². The van der Waals surface area contributed by atoms with Crippen molar-refractivity contribution >= 4 is 23.7 Å². The molecule has 0 unspecified atom stereocenters. The summed E-state index contributed by atoms with van der Waals surface area (Å²) in [4.78, 5) is 15.2. The number of rotatable bonds is 5. The maximum Gasteiger partial charge on any atom is 0.328 e. The summed E-state index contributed by atoms with van der Waals surface area (Å²) in [6.07, 6.45) is 1.98. The number of aromatic nitrogens is 3. The molecule has 1 heterocycles. The van der Waals surface area contributed by atoms with Crippen molar-refractivity contribution < 1.29 is 4.74 Å². The molecular weight excluding hydrogens is 276 g/mol. The summed E-state index contributed by atoms with van der Waals surface area (Å²) >= 11 is 1.59. The van der Waals surface area contributed by atoms with Crippen LogP contribution in [0.4, 0.5) is 11.9 Å². The SMILES string of the molecule is CSc1ccccc1Oc1nc(NN)nc(N(C)C)n1. The number of hydrazine groups is 1. The van der Waals surface area contributed by atoms with E-state index < -0.39 is 0 Å². The average Bonchev–Trinajstić information content (AvgIpc) is 2.47. The van der Waals surface area contributed by atoms with E-state index in [4.69, 9.17) is 10.6 Å². The number of nitrogens with one attached hydrogen (secondary N) is 1. The van der Waals surface area contributed by atoms with Crippen molar-refractivity contribution in [3.8, 4) is 11.8 Å². The fraction of sp³-hybridized carbons (Fsp3) is 0.250. The zero-order valence-corrected chi connectivity index (χ0v) is 12.3. The van der Waals surface area contributed by atoms with Crippen molar-refractivity contribution in [2.75, 3.05) is 30.7 Å². The van der Waals surface area contributed by atoms with Gasteiger partial charge < -0.3 is 9.64 Å². The number of ether oxygens (including phenoxy) is 1. The van der Waals surface area contributed by atoms with E-state index in [9.17, 15) is 0 Å². The number of hydrogen-bond acceptors (Lipinski definition) is 8. The molecule has 0 spiro atoms. The molecule has 0 aliphatic rings. The smallest absolute Gasteiger partial charge is 0.328 e. The maximum absolute atomic E-state index is 5.73. The summed E-state index contributed by atoms with van der Waals surface area (Å²) < 4.78 is 5.73. The molecule has 0 radical (unpaired) electrons. The number of anilines is 2. The lowest BCUT2D eigenvalue weighted by Gasteiger charge is -2.13. The largest absolute Gasteiger partial charge is 0.423 e. The molecule has 0 saturated heterocycles. The Balaban J connectivity index is 2.35. The summed E-state index contributed by atoms with van der Waals surface area (Å²) in [6, 6.07) is 7.87. The topological polar surface area (TPSA) is 89.2 Å². The van der Waals surface area contributed by atoms with Crippen molar-refractivity contribution in [2.45, 2.75) is 4.90 Å². The fourth-order valence-electron chi connectivity index (χ4n) is 1.46. The van der Waals surface area contributed by atoms with Crippen LogP contribution in [0.2, 0.25) is 0 Å².